The first-order valence-corrected chi connectivity index (χ1v) is 6.18. The van der Waals surface area contributed by atoms with Crippen molar-refractivity contribution in [2.45, 2.75) is 39.2 Å². The number of rotatable bonds is 5. The van der Waals surface area contributed by atoms with Crippen LogP contribution in [0.2, 0.25) is 0 Å². The average Bonchev–Trinajstić information content (AvgIpc) is 2.86. The first-order chi connectivity index (χ1) is 7.79. The van der Waals surface area contributed by atoms with Crippen LogP contribution in [0.25, 0.3) is 0 Å². The highest BCUT2D eigenvalue weighted by atomic mass is 15.2. The van der Waals surface area contributed by atoms with Crippen molar-refractivity contribution < 1.29 is 0 Å². The summed E-state index contributed by atoms with van der Waals surface area (Å²) in [4.78, 5) is 4.49. The van der Waals surface area contributed by atoms with Gasteiger partial charge in [-0.1, -0.05) is 18.9 Å². The fourth-order valence-electron chi connectivity index (χ4n) is 2.46. The van der Waals surface area contributed by atoms with Gasteiger partial charge in [0.15, 0.2) is 0 Å². The van der Waals surface area contributed by atoms with E-state index in [2.05, 4.69) is 27.6 Å². The zero-order chi connectivity index (χ0) is 11.4. The lowest BCUT2D eigenvalue weighted by Crippen LogP contribution is -2.11. The quantitative estimate of drug-likeness (QED) is 0.772. The minimum atomic E-state index is 0.779. The van der Waals surface area contributed by atoms with Gasteiger partial charge in [0.25, 0.3) is 0 Å². The van der Waals surface area contributed by atoms with Gasteiger partial charge >= 0.3 is 0 Å². The molecule has 1 aromatic rings. The van der Waals surface area contributed by atoms with Gasteiger partial charge in [0.1, 0.15) is 0 Å². The third-order valence-electron chi connectivity index (χ3n) is 3.23. The van der Waals surface area contributed by atoms with Gasteiger partial charge < -0.3 is 9.88 Å². The molecular formula is C13H21N3. The van der Waals surface area contributed by atoms with Gasteiger partial charge in [-0.3, -0.25) is 0 Å². The van der Waals surface area contributed by atoms with E-state index >= 15 is 0 Å². The zero-order valence-corrected chi connectivity index (χ0v) is 10.1. The van der Waals surface area contributed by atoms with Crippen molar-refractivity contribution >= 4 is 5.95 Å². The van der Waals surface area contributed by atoms with Gasteiger partial charge in [-0.2, -0.15) is 0 Å². The standard InChI is InChI=1S/C13H21N3/c1-3-8-14-13-15-11(2)9-16(13)10-12-6-4-5-7-12/h3,9,12H,1,4-8,10H2,2H3,(H,14,15). The Bertz CT molecular complexity index is 348. The average molecular weight is 219 g/mol. The maximum atomic E-state index is 4.49. The smallest absolute Gasteiger partial charge is 0.203 e. The van der Waals surface area contributed by atoms with Crippen molar-refractivity contribution in [3.05, 3.63) is 24.5 Å². The number of anilines is 1. The topological polar surface area (TPSA) is 29.9 Å². The van der Waals surface area contributed by atoms with E-state index in [0.29, 0.717) is 0 Å². The lowest BCUT2D eigenvalue weighted by Gasteiger charge is -2.13. The summed E-state index contributed by atoms with van der Waals surface area (Å²) in [6.45, 7) is 7.65. The summed E-state index contributed by atoms with van der Waals surface area (Å²) in [5.74, 6) is 1.84. The molecule has 1 heterocycles. The molecule has 1 N–H and O–H groups in total. The Morgan fingerprint density at radius 3 is 3.00 bits per heavy atom. The van der Waals surface area contributed by atoms with Crippen LogP contribution < -0.4 is 5.32 Å². The first-order valence-electron chi connectivity index (χ1n) is 6.18. The van der Waals surface area contributed by atoms with Crippen molar-refractivity contribution in [2.75, 3.05) is 11.9 Å². The van der Waals surface area contributed by atoms with Crippen LogP contribution >= 0.6 is 0 Å². The van der Waals surface area contributed by atoms with Crippen LogP contribution in [0.3, 0.4) is 0 Å². The van der Waals surface area contributed by atoms with E-state index in [-0.39, 0.29) is 0 Å². The largest absolute Gasteiger partial charge is 0.352 e. The fraction of sp³-hybridized carbons (Fsp3) is 0.615. The molecule has 0 amide bonds. The van der Waals surface area contributed by atoms with Crippen LogP contribution in [0.4, 0.5) is 5.95 Å². The number of aryl methyl sites for hydroxylation is 1. The van der Waals surface area contributed by atoms with Crippen molar-refractivity contribution in [2.24, 2.45) is 5.92 Å². The van der Waals surface area contributed by atoms with Crippen LogP contribution in [-0.4, -0.2) is 16.1 Å². The van der Waals surface area contributed by atoms with Crippen molar-refractivity contribution in [1.29, 1.82) is 0 Å². The Hall–Kier alpha value is -1.25. The molecule has 3 heteroatoms. The number of hydrogen-bond donors (Lipinski definition) is 1. The second-order valence-corrected chi connectivity index (χ2v) is 4.68. The molecule has 1 aromatic heterocycles. The second kappa shape index (κ2) is 5.19. The molecule has 0 unspecified atom stereocenters. The zero-order valence-electron chi connectivity index (χ0n) is 10.1. The van der Waals surface area contributed by atoms with Gasteiger partial charge in [0.05, 0.1) is 5.69 Å². The molecule has 0 radical (unpaired) electrons. The van der Waals surface area contributed by atoms with Gasteiger partial charge in [0, 0.05) is 19.3 Å². The van der Waals surface area contributed by atoms with Gasteiger partial charge in [-0.25, -0.2) is 4.98 Å². The Kier molecular flexibility index (Phi) is 3.65. The van der Waals surface area contributed by atoms with Crippen molar-refractivity contribution in [3.8, 4) is 0 Å². The normalized spacial score (nSPS) is 16.6. The molecule has 0 saturated heterocycles. The van der Waals surface area contributed by atoms with Gasteiger partial charge in [-0.15, -0.1) is 6.58 Å². The van der Waals surface area contributed by atoms with Crippen molar-refractivity contribution in [3.63, 3.8) is 0 Å². The van der Waals surface area contributed by atoms with Gasteiger partial charge in [0.2, 0.25) is 5.95 Å². The maximum absolute atomic E-state index is 4.49. The number of imidazole rings is 1. The Morgan fingerprint density at radius 1 is 1.56 bits per heavy atom. The molecule has 88 valence electrons. The summed E-state index contributed by atoms with van der Waals surface area (Å²) < 4.78 is 2.26. The monoisotopic (exact) mass is 219 g/mol. The maximum Gasteiger partial charge on any atom is 0.203 e. The van der Waals surface area contributed by atoms with E-state index in [4.69, 9.17) is 0 Å². The highest BCUT2D eigenvalue weighted by Crippen LogP contribution is 2.27. The third kappa shape index (κ3) is 2.65. The molecule has 0 aromatic carbocycles. The summed E-state index contributed by atoms with van der Waals surface area (Å²) in [6, 6.07) is 0. The summed E-state index contributed by atoms with van der Waals surface area (Å²) in [5, 5.41) is 3.29. The van der Waals surface area contributed by atoms with Crippen LogP contribution in [0, 0.1) is 12.8 Å². The highest BCUT2D eigenvalue weighted by molar-refractivity contribution is 5.29. The van der Waals surface area contributed by atoms with Crippen molar-refractivity contribution in [1.82, 2.24) is 9.55 Å². The molecule has 1 saturated carbocycles. The van der Waals surface area contributed by atoms with Crippen LogP contribution in [0.1, 0.15) is 31.4 Å². The molecule has 16 heavy (non-hydrogen) atoms. The summed E-state index contributed by atoms with van der Waals surface area (Å²) in [7, 11) is 0. The highest BCUT2D eigenvalue weighted by Gasteiger charge is 2.17. The molecule has 0 atom stereocenters. The predicted octanol–water partition coefficient (Wildman–Crippen LogP) is 2.98. The molecule has 2 rings (SSSR count). The summed E-state index contributed by atoms with van der Waals surface area (Å²) in [5.41, 5.74) is 1.09. The van der Waals surface area contributed by atoms with Crippen LogP contribution in [-0.2, 0) is 6.54 Å². The second-order valence-electron chi connectivity index (χ2n) is 4.68. The Morgan fingerprint density at radius 2 is 2.31 bits per heavy atom. The van der Waals surface area contributed by atoms with E-state index < -0.39 is 0 Å². The number of nitrogens with one attached hydrogen (secondary N) is 1. The molecule has 0 bridgehead atoms. The predicted molar refractivity (Wildman–Crippen MR) is 67.6 cm³/mol. The van der Waals surface area contributed by atoms with Gasteiger partial charge in [-0.05, 0) is 25.7 Å². The summed E-state index contributed by atoms with van der Waals surface area (Å²) in [6.07, 6.45) is 9.55. The summed E-state index contributed by atoms with van der Waals surface area (Å²) >= 11 is 0. The van der Waals surface area contributed by atoms with E-state index in [1.807, 2.05) is 13.0 Å². The molecule has 0 aliphatic heterocycles. The number of nitrogens with zero attached hydrogens (tertiary/aromatic N) is 2. The van der Waals surface area contributed by atoms with E-state index in [0.717, 1.165) is 30.6 Å². The molecule has 1 aliphatic rings. The SMILES string of the molecule is C=CCNc1nc(C)cn1CC1CCCC1. The molecule has 1 fully saturated rings. The minimum absolute atomic E-state index is 0.779. The van der Waals surface area contributed by atoms with Crippen LogP contribution in [0.5, 0.6) is 0 Å². The van der Waals surface area contributed by atoms with E-state index in [9.17, 15) is 0 Å². The number of hydrogen-bond acceptors (Lipinski definition) is 2. The molecular weight excluding hydrogens is 198 g/mol. The van der Waals surface area contributed by atoms with Crippen LogP contribution in [0.15, 0.2) is 18.9 Å². The first kappa shape index (κ1) is 11.2. The number of aromatic nitrogens is 2. The Balaban J connectivity index is 2.02. The minimum Gasteiger partial charge on any atom is -0.352 e. The molecule has 0 spiro atoms. The lowest BCUT2D eigenvalue weighted by atomic mass is 10.1. The lowest BCUT2D eigenvalue weighted by molar-refractivity contribution is 0.460. The molecule has 1 aliphatic carbocycles. The van der Waals surface area contributed by atoms with E-state index in [1.54, 1.807) is 0 Å². The van der Waals surface area contributed by atoms with E-state index in [1.165, 1.54) is 25.7 Å². The fourth-order valence-corrected chi connectivity index (χ4v) is 2.46. The third-order valence-corrected chi connectivity index (χ3v) is 3.23. The Labute approximate surface area is 97.6 Å². The molecule has 3 nitrogen and oxygen atoms in total.